The van der Waals surface area contributed by atoms with E-state index in [0.717, 1.165) is 5.56 Å². The van der Waals surface area contributed by atoms with Gasteiger partial charge in [-0.3, -0.25) is 4.79 Å². The molecule has 1 heterocycles. The van der Waals surface area contributed by atoms with Crippen LogP contribution in [0.5, 0.6) is 0 Å². The van der Waals surface area contributed by atoms with Gasteiger partial charge in [0.15, 0.2) is 0 Å². The van der Waals surface area contributed by atoms with Crippen molar-refractivity contribution >= 4 is 28.9 Å². The SMILES string of the molecule is Cc1c(Cl)cccc1NC(=O)c1ccc(NCc2ccccc2F)cn1. The second-order valence-electron chi connectivity index (χ2n) is 5.74. The van der Waals surface area contributed by atoms with E-state index < -0.39 is 0 Å². The van der Waals surface area contributed by atoms with Crippen molar-refractivity contribution in [3.63, 3.8) is 0 Å². The summed E-state index contributed by atoms with van der Waals surface area (Å²) in [7, 11) is 0. The molecule has 26 heavy (non-hydrogen) atoms. The number of halogens is 2. The van der Waals surface area contributed by atoms with E-state index in [9.17, 15) is 9.18 Å². The van der Waals surface area contributed by atoms with Gasteiger partial charge in [-0.15, -0.1) is 0 Å². The molecule has 1 aromatic heterocycles. The van der Waals surface area contributed by atoms with Gasteiger partial charge in [-0.25, -0.2) is 9.37 Å². The minimum Gasteiger partial charge on any atom is -0.380 e. The summed E-state index contributed by atoms with van der Waals surface area (Å²) in [5, 5.41) is 6.47. The first-order valence-corrected chi connectivity index (χ1v) is 8.42. The molecule has 132 valence electrons. The number of carbonyl (C=O) groups excluding carboxylic acids is 1. The first-order chi connectivity index (χ1) is 12.5. The highest BCUT2D eigenvalue weighted by Crippen LogP contribution is 2.23. The Bertz CT molecular complexity index is 929. The van der Waals surface area contributed by atoms with Gasteiger partial charge in [-0.05, 0) is 42.8 Å². The second kappa shape index (κ2) is 7.97. The molecule has 6 heteroatoms. The van der Waals surface area contributed by atoms with Crippen LogP contribution >= 0.6 is 11.6 Å². The molecule has 3 aromatic rings. The van der Waals surface area contributed by atoms with Crippen LogP contribution in [0.4, 0.5) is 15.8 Å². The number of aromatic nitrogens is 1. The molecule has 2 aromatic carbocycles. The Labute approximate surface area is 156 Å². The standard InChI is InChI=1S/C20H17ClFN3O/c1-13-16(21)6-4-8-18(13)25-20(26)19-10-9-15(12-24-19)23-11-14-5-2-3-7-17(14)22/h2-10,12,23H,11H2,1H3,(H,25,26). The summed E-state index contributed by atoms with van der Waals surface area (Å²) in [5.74, 6) is -0.586. The Hall–Kier alpha value is -2.92. The number of pyridine rings is 1. The number of hydrogen-bond acceptors (Lipinski definition) is 3. The summed E-state index contributed by atoms with van der Waals surface area (Å²) in [6, 6.07) is 15.2. The summed E-state index contributed by atoms with van der Waals surface area (Å²) in [5.41, 5.74) is 2.98. The van der Waals surface area contributed by atoms with E-state index in [2.05, 4.69) is 15.6 Å². The average molecular weight is 370 g/mol. The molecule has 0 spiro atoms. The van der Waals surface area contributed by atoms with Gasteiger partial charge in [0.25, 0.3) is 5.91 Å². The molecule has 3 rings (SSSR count). The van der Waals surface area contributed by atoms with E-state index in [1.807, 2.05) is 6.92 Å². The molecule has 0 aliphatic heterocycles. The van der Waals surface area contributed by atoms with Gasteiger partial charge in [-0.1, -0.05) is 35.9 Å². The Kier molecular flexibility index (Phi) is 5.49. The van der Waals surface area contributed by atoms with E-state index in [1.54, 1.807) is 54.7 Å². The zero-order chi connectivity index (χ0) is 18.5. The van der Waals surface area contributed by atoms with Crippen molar-refractivity contribution in [2.24, 2.45) is 0 Å². The summed E-state index contributed by atoms with van der Waals surface area (Å²) in [6.45, 7) is 2.17. The quantitative estimate of drug-likeness (QED) is 0.662. The monoisotopic (exact) mass is 369 g/mol. The van der Waals surface area contributed by atoms with Crippen LogP contribution in [-0.4, -0.2) is 10.9 Å². The maximum absolute atomic E-state index is 13.6. The number of anilines is 2. The summed E-state index contributed by atoms with van der Waals surface area (Å²) < 4.78 is 13.6. The first-order valence-electron chi connectivity index (χ1n) is 8.04. The lowest BCUT2D eigenvalue weighted by atomic mass is 10.2. The van der Waals surface area contributed by atoms with Gasteiger partial charge >= 0.3 is 0 Å². The van der Waals surface area contributed by atoms with Gasteiger partial charge in [0, 0.05) is 22.8 Å². The van der Waals surface area contributed by atoms with Crippen LogP contribution in [0.25, 0.3) is 0 Å². The van der Waals surface area contributed by atoms with E-state index >= 15 is 0 Å². The summed E-state index contributed by atoms with van der Waals surface area (Å²) in [6.07, 6.45) is 1.54. The fraction of sp³-hybridized carbons (Fsp3) is 0.100. The number of rotatable bonds is 5. The number of nitrogens with zero attached hydrogens (tertiary/aromatic N) is 1. The minimum atomic E-state index is -0.323. The minimum absolute atomic E-state index is 0.263. The molecule has 0 atom stereocenters. The number of hydrogen-bond donors (Lipinski definition) is 2. The Morgan fingerprint density at radius 2 is 1.92 bits per heavy atom. The van der Waals surface area contributed by atoms with Gasteiger partial charge < -0.3 is 10.6 Å². The van der Waals surface area contributed by atoms with Crippen LogP contribution in [0.15, 0.2) is 60.8 Å². The predicted molar refractivity (Wildman–Crippen MR) is 102 cm³/mol. The number of benzene rings is 2. The van der Waals surface area contributed by atoms with Crippen LogP contribution in [0.2, 0.25) is 5.02 Å². The van der Waals surface area contributed by atoms with Crippen LogP contribution in [-0.2, 0) is 6.54 Å². The van der Waals surface area contributed by atoms with Crippen LogP contribution in [0.1, 0.15) is 21.6 Å². The van der Waals surface area contributed by atoms with Gasteiger partial charge in [0.2, 0.25) is 0 Å². The molecule has 0 unspecified atom stereocenters. The normalized spacial score (nSPS) is 10.4. The topological polar surface area (TPSA) is 54.0 Å². The van der Waals surface area contributed by atoms with Crippen LogP contribution in [0.3, 0.4) is 0 Å². The lowest BCUT2D eigenvalue weighted by Gasteiger charge is -2.10. The largest absolute Gasteiger partial charge is 0.380 e. The fourth-order valence-corrected chi connectivity index (χ4v) is 2.58. The van der Waals surface area contributed by atoms with Crippen molar-refractivity contribution < 1.29 is 9.18 Å². The molecule has 0 saturated carbocycles. The summed E-state index contributed by atoms with van der Waals surface area (Å²) in [4.78, 5) is 16.5. The molecular formula is C20H17ClFN3O. The zero-order valence-electron chi connectivity index (χ0n) is 14.1. The molecule has 0 aliphatic rings. The average Bonchev–Trinajstić information content (AvgIpc) is 2.65. The third-order valence-corrected chi connectivity index (χ3v) is 4.36. The molecule has 0 fully saturated rings. The van der Waals surface area contributed by atoms with E-state index in [1.165, 1.54) is 6.07 Å². The number of amides is 1. The fourth-order valence-electron chi connectivity index (χ4n) is 2.40. The van der Waals surface area contributed by atoms with Crippen LogP contribution in [0, 0.1) is 12.7 Å². The summed E-state index contributed by atoms with van der Waals surface area (Å²) >= 11 is 6.06. The molecule has 4 nitrogen and oxygen atoms in total. The first kappa shape index (κ1) is 17.9. The van der Waals surface area contributed by atoms with Crippen LogP contribution < -0.4 is 10.6 Å². The lowest BCUT2D eigenvalue weighted by Crippen LogP contribution is -2.14. The van der Waals surface area contributed by atoms with Crippen molar-refractivity contribution in [3.8, 4) is 0 Å². The Morgan fingerprint density at radius 1 is 1.12 bits per heavy atom. The molecule has 0 bridgehead atoms. The van der Waals surface area contributed by atoms with Crippen molar-refractivity contribution in [2.45, 2.75) is 13.5 Å². The van der Waals surface area contributed by atoms with Crippen molar-refractivity contribution in [3.05, 3.63) is 88.5 Å². The van der Waals surface area contributed by atoms with E-state index in [-0.39, 0.29) is 17.4 Å². The Balaban J connectivity index is 1.64. The van der Waals surface area contributed by atoms with Crippen molar-refractivity contribution in [2.75, 3.05) is 10.6 Å². The van der Waals surface area contributed by atoms with Crippen molar-refractivity contribution in [1.82, 2.24) is 4.98 Å². The second-order valence-corrected chi connectivity index (χ2v) is 6.15. The molecule has 2 N–H and O–H groups in total. The lowest BCUT2D eigenvalue weighted by molar-refractivity contribution is 0.102. The van der Waals surface area contributed by atoms with Gasteiger partial charge in [0.1, 0.15) is 11.5 Å². The van der Waals surface area contributed by atoms with Crippen molar-refractivity contribution in [1.29, 1.82) is 0 Å². The maximum Gasteiger partial charge on any atom is 0.274 e. The van der Waals surface area contributed by atoms with Gasteiger partial charge in [0.05, 0.1) is 11.9 Å². The maximum atomic E-state index is 13.6. The number of nitrogens with one attached hydrogen (secondary N) is 2. The predicted octanol–water partition coefficient (Wildman–Crippen LogP) is 5.05. The molecule has 0 radical (unpaired) electrons. The third-order valence-electron chi connectivity index (χ3n) is 3.95. The smallest absolute Gasteiger partial charge is 0.274 e. The molecule has 0 aliphatic carbocycles. The highest BCUT2D eigenvalue weighted by molar-refractivity contribution is 6.31. The van der Waals surface area contributed by atoms with E-state index in [4.69, 9.17) is 11.6 Å². The molecule has 1 amide bonds. The molecular weight excluding hydrogens is 353 g/mol. The van der Waals surface area contributed by atoms with Gasteiger partial charge in [-0.2, -0.15) is 0 Å². The Morgan fingerprint density at radius 3 is 2.65 bits per heavy atom. The highest BCUT2D eigenvalue weighted by Gasteiger charge is 2.10. The third kappa shape index (κ3) is 4.18. The number of carbonyl (C=O) groups is 1. The molecule has 0 saturated heterocycles. The highest BCUT2D eigenvalue weighted by atomic mass is 35.5. The van der Waals surface area contributed by atoms with E-state index in [0.29, 0.717) is 28.5 Å². The zero-order valence-corrected chi connectivity index (χ0v) is 14.8.